The average Bonchev–Trinajstić information content (AvgIpc) is 2.68. The molecule has 1 aliphatic heterocycles. The first-order valence-corrected chi connectivity index (χ1v) is 5.84. The summed E-state index contributed by atoms with van der Waals surface area (Å²) in [7, 11) is 0. The van der Waals surface area contributed by atoms with Crippen LogP contribution < -0.4 is 0 Å². The zero-order chi connectivity index (χ0) is 11.8. The zero-order valence-electron chi connectivity index (χ0n) is 10.2. The summed E-state index contributed by atoms with van der Waals surface area (Å²) >= 11 is 0. The van der Waals surface area contributed by atoms with E-state index in [9.17, 15) is 4.79 Å². The van der Waals surface area contributed by atoms with Crippen molar-refractivity contribution >= 4 is 5.91 Å². The van der Waals surface area contributed by atoms with E-state index in [0.29, 0.717) is 6.42 Å². The fourth-order valence-electron chi connectivity index (χ4n) is 2.18. The molecule has 2 rings (SSSR count). The molecule has 3 heteroatoms. The summed E-state index contributed by atoms with van der Waals surface area (Å²) in [6.07, 6.45) is 3.30. The summed E-state index contributed by atoms with van der Waals surface area (Å²) < 4.78 is 5.31. The Labute approximate surface area is 96.4 Å². The Balaban J connectivity index is 1.93. The van der Waals surface area contributed by atoms with Crippen LogP contribution in [0.15, 0.2) is 22.8 Å². The molecule has 0 spiro atoms. The van der Waals surface area contributed by atoms with Crippen molar-refractivity contribution in [2.75, 3.05) is 6.54 Å². The van der Waals surface area contributed by atoms with Crippen molar-refractivity contribution in [3.8, 4) is 0 Å². The number of carbonyl (C=O) groups excluding carboxylic acids is 1. The van der Waals surface area contributed by atoms with Gasteiger partial charge >= 0.3 is 0 Å². The molecule has 0 saturated carbocycles. The topological polar surface area (TPSA) is 33.5 Å². The van der Waals surface area contributed by atoms with Gasteiger partial charge in [-0.3, -0.25) is 4.79 Å². The van der Waals surface area contributed by atoms with Crippen LogP contribution in [0.1, 0.15) is 45.3 Å². The molecule has 0 bridgehead atoms. The Morgan fingerprint density at radius 2 is 2.38 bits per heavy atom. The van der Waals surface area contributed by atoms with Crippen molar-refractivity contribution in [3.63, 3.8) is 0 Å². The largest absolute Gasteiger partial charge is 0.469 e. The Hall–Kier alpha value is -1.25. The third-order valence-electron chi connectivity index (χ3n) is 3.49. The van der Waals surface area contributed by atoms with Gasteiger partial charge in [0, 0.05) is 24.4 Å². The van der Waals surface area contributed by atoms with Crippen LogP contribution in [0.3, 0.4) is 0 Å². The van der Waals surface area contributed by atoms with Crippen LogP contribution >= 0.6 is 0 Å². The summed E-state index contributed by atoms with van der Waals surface area (Å²) in [5.41, 5.74) is 0.0555. The Bertz CT molecular complexity index is 367. The summed E-state index contributed by atoms with van der Waals surface area (Å²) in [5, 5.41) is 0. The highest BCUT2D eigenvalue weighted by Crippen LogP contribution is 2.31. The number of rotatable bonds is 3. The van der Waals surface area contributed by atoms with E-state index < -0.39 is 0 Å². The molecule has 1 saturated heterocycles. The van der Waals surface area contributed by atoms with Crippen molar-refractivity contribution in [2.24, 2.45) is 0 Å². The molecule has 16 heavy (non-hydrogen) atoms. The molecule has 88 valence electrons. The zero-order valence-corrected chi connectivity index (χ0v) is 10.2. The highest BCUT2D eigenvalue weighted by atomic mass is 16.3. The van der Waals surface area contributed by atoms with Crippen LogP contribution in [0.4, 0.5) is 0 Å². The SMILES string of the molecule is CC(CC(=O)N1CCC1(C)C)c1ccco1. The van der Waals surface area contributed by atoms with E-state index >= 15 is 0 Å². The van der Waals surface area contributed by atoms with E-state index in [2.05, 4.69) is 13.8 Å². The Morgan fingerprint density at radius 3 is 2.81 bits per heavy atom. The van der Waals surface area contributed by atoms with E-state index in [0.717, 1.165) is 18.7 Å². The van der Waals surface area contributed by atoms with E-state index in [-0.39, 0.29) is 17.4 Å². The fourth-order valence-corrected chi connectivity index (χ4v) is 2.18. The number of hydrogen-bond donors (Lipinski definition) is 0. The average molecular weight is 221 g/mol. The van der Waals surface area contributed by atoms with Crippen LogP contribution in [-0.2, 0) is 4.79 Å². The number of likely N-dealkylation sites (tertiary alicyclic amines) is 1. The van der Waals surface area contributed by atoms with Crippen LogP contribution in [-0.4, -0.2) is 22.9 Å². The van der Waals surface area contributed by atoms with Crippen LogP contribution in [0.25, 0.3) is 0 Å². The first-order chi connectivity index (χ1) is 7.50. The maximum absolute atomic E-state index is 12.0. The second-order valence-corrected chi connectivity index (χ2v) is 5.23. The third-order valence-corrected chi connectivity index (χ3v) is 3.49. The highest BCUT2D eigenvalue weighted by Gasteiger charge is 2.39. The van der Waals surface area contributed by atoms with Gasteiger partial charge in [-0.05, 0) is 32.4 Å². The summed E-state index contributed by atoms with van der Waals surface area (Å²) in [6, 6.07) is 3.79. The molecule has 1 atom stereocenters. The molecule has 1 aromatic rings. The number of hydrogen-bond acceptors (Lipinski definition) is 2. The van der Waals surface area contributed by atoms with Gasteiger partial charge in [-0.25, -0.2) is 0 Å². The maximum Gasteiger partial charge on any atom is 0.223 e. The third kappa shape index (κ3) is 1.99. The van der Waals surface area contributed by atoms with Gasteiger partial charge < -0.3 is 9.32 Å². The van der Waals surface area contributed by atoms with Gasteiger partial charge in [-0.1, -0.05) is 6.92 Å². The predicted octanol–water partition coefficient (Wildman–Crippen LogP) is 2.78. The first kappa shape index (κ1) is 11.2. The lowest BCUT2D eigenvalue weighted by Crippen LogP contribution is -2.58. The Morgan fingerprint density at radius 1 is 1.62 bits per heavy atom. The number of furan rings is 1. The van der Waals surface area contributed by atoms with Gasteiger partial charge in [0.05, 0.1) is 6.26 Å². The molecule has 1 aliphatic rings. The Kier molecular flexibility index (Phi) is 2.78. The molecule has 1 amide bonds. The monoisotopic (exact) mass is 221 g/mol. The molecule has 0 aromatic carbocycles. The number of amides is 1. The number of nitrogens with zero attached hydrogens (tertiary/aromatic N) is 1. The molecular formula is C13H19NO2. The van der Waals surface area contributed by atoms with Crippen LogP contribution in [0, 0.1) is 0 Å². The number of carbonyl (C=O) groups is 1. The van der Waals surface area contributed by atoms with Crippen LogP contribution in [0.2, 0.25) is 0 Å². The second kappa shape index (κ2) is 3.96. The molecule has 0 aliphatic carbocycles. The van der Waals surface area contributed by atoms with Gasteiger partial charge in [0.2, 0.25) is 5.91 Å². The van der Waals surface area contributed by atoms with E-state index in [4.69, 9.17) is 4.42 Å². The lowest BCUT2D eigenvalue weighted by atomic mass is 9.87. The van der Waals surface area contributed by atoms with Gasteiger partial charge in [-0.2, -0.15) is 0 Å². The van der Waals surface area contributed by atoms with Crippen LogP contribution in [0.5, 0.6) is 0 Å². The predicted molar refractivity (Wildman–Crippen MR) is 62.1 cm³/mol. The smallest absolute Gasteiger partial charge is 0.223 e. The lowest BCUT2D eigenvalue weighted by molar-refractivity contribution is -0.145. The highest BCUT2D eigenvalue weighted by molar-refractivity contribution is 5.78. The first-order valence-electron chi connectivity index (χ1n) is 5.84. The van der Waals surface area contributed by atoms with Gasteiger partial charge in [0.15, 0.2) is 0 Å². The van der Waals surface area contributed by atoms with E-state index in [1.807, 2.05) is 24.0 Å². The van der Waals surface area contributed by atoms with Crippen molar-refractivity contribution in [2.45, 2.75) is 45.1 Å². The normalized spacial score (nSPS) is 20.3. The quantitative estimate of drug-likeness (QED) is 0.786. The van der Waals surface area contributed by atoms with Crippen molar-refractivity contribution < 1.29 is 9.21 Å². The lowest BCUT2D eigenvalue weighted by Gasteiger charge is -2.48. The molecule has 3 nitrogen and oxygen atoms in total. The molecular weight excluding hydrogens is 202 g/mol. The molecule has 1 unspecified atom stereocenters. The fraction of sp³-hybridized carbons (Fsp3) is 0.615. The summed E-state index contributed by atoms with van der Waals surface area (Å²) in [4.78, 5) is 14.0. The summed E-state index contributed by atoms with van der Waals surface area (Å²) in [5.74, 6) is 1.30. The minimum absolute atomic E-state index is 0.0555. The summed E-state index contributed by atoms with van der Waals surface area (Å²) in [6.45, 7) is 7.16. The van der Waals surface area contributed by atoms with Crippen molar-refractivity contribution in [1.82, 2.24) is 4.90 Å². The molecule has 2 heterocycles. The molecule has 0 radical (unpaired) electrons. The standard InChI is InChI=1S/C13H19NO2/c1-10(11-5-4-8-16-11)9-12(15)14-7-6-13(14,2)3/h4-5,8,10H,6-7,9H2,1-3H3. The molecule has 1 fully saturated rings. The maximum atomic E-state index is 12.0. The molecule has 0 N–H and O–H groups in total. The van der Waals surface area contributed by atoms with Gasteiger partial charge in [0.25, 0.3) is 0 Å². The van der Waals surface area contributed by atoms with Crippen molar-refractivity contribution in [3.05, 3.63) is 24.2 Å². The molecule has 1 aromatic heterocycles. The van der Waals surface area contributed by atoms with Crippen molar-refractivity contribution in [1.29, 1.82) is 0 Å². The van der Waals surface area contributed by atoms with Gasteiger partial charge in [-0.15, -0.1) is 0 Å². The van der Waals surface area contributed by atoms with E-state index in [1.54, 1.807) is 6.26 Å². The minimum atomic E-state index is 0.0555. The van der Waals surface area contributed by atoms with E-state index in [1.165, 1.54) is 0 Å². The second-order valence-electron chi connectivity index (χ2n) is 5.23. The minimum Gasteiger partial charge on any atom is -0.469 e. The van der Waals surface area contributed by atoms with Gasteiger partial charge in [0.1, 0.15) is 5.76 Å².